The predicted molar refractivity (Wildman–Crippen MR) is 93.6 cm³/mol. The molecular weight excluding hydrogens is 290 g/mol. The number of amides is 2. The first-order chi connectivity index (χ1) is 11.0. The lowest BCUT2D eigenvalue weighted by Gasteiger charge is -2.25. The van der Waals surface area contributed by atoms with Crippen LogP contribution in [-0.2, 0) is 6.54 Å². The molecule has 5 heteroatoms. The zero-order valence-corrected chi connectivity index (χ0v) is 14.5. The second-order valence-corrected chi connectivity index (χ2v) is 6.44. The van der Waals surface area contributed by atoms with Crippen LogP contribution in [0.3, 0.4) is 0 Å². The SMILES string of the molecule is CCN(C)c1ccccc1CNC(=O)N(C)CC1CCCC1O. The Hall–Kier alpha value is -1.75. The first-order valence-electron chi connectivity index (χ1n) is 8.49. The molecule has 2 rings (SSSR count). The molecule has 0 heterocycles. The summed E-state index contributed by atoms with van der Waals surface area (Å²) in [6.45, 7) is 4.15. The van der Waals surface area contributed by atoms with Gasteiger partial charge >= 0.3 is 6.03 Å². The van der Waals surface area contributed by atoms with E-state index < -0.39 is 0 Å². The van der Waals surface area contributed by atoms with Crippen LogP contribution in [0.25, 0.3) is 0 Å². The molecule has 0 aromatic heterocycles. The Morgan fingerprint density at radius 1 is 1.30 bits per heavy atom. The summed E-state index contributed by atoms with van der Waals surface area (Å²) in [5, 5.41) is 12.9. The van der Waals surface area contributed by atoms with Gasteiger partial charge in [0.05, 0.1) is 6.10 Å². The van der Waals surface area contributed by atoms with Crippen LogP contribution in [0.15, 0.2) is 24.3 Å². The fourth-order valence-electron chi connectivity index (χ4n) is 3.17. The molecule has 5 nitrogen and oxygen atoms in total. The maximum absolute atomic E-state index is 12.3. The molecule has 1 aliphatic rings. The number of anilines is 1. The van der Waals surface area contributed by atoms with Gasteiger partial charge in [-0.2, -0.15) is 0 Å². The van der Waals surface area contributed by atoms with E-state index in [0.29, 0.717) is 13.1 Å². The van der Waals surface area contributed by atoms with Crippen LogP contribution in [0, 0.1) is 5.92 Å². The second kappa shape index (κ2) is 8.20. The standard InChI is InChI=1S/C18H29N3O2/c1-4-20(2)16-10-6-5-8-14(16)12-19-18(23)21(3)13-15-9-7-11-17(15)22/h5-6,8,10,15,17,22H,4,7,9,11-13H2,1-3H3,(H,19,23). The Morgan fingerprint density at radius 3 is 2.70 bits per heavy atom. The molecular formula is C18H29N3O2. The first-order valence-corrected chi connectivity index (χ1v) is 8.49. The Kier molecular flexibility index (Phi) is 6.28. The van der Waals surface area contributed by atoms with Gasteiger partial charge in [0.2, 0.25) is 0 Å². The predicted octanol–water partition coefficient (Wildman–Crippen LogP) is 2.45. The first kappa shape index (κ1) is 17.6. The summed E-state index contributed by atoms with van der Waals surface area (Å²) < 4.78 is 0. The van der Waals surface area contributed by atoms with E-state index in [1.807, 2.05) is 25.2 Å². The number of urea groups is 1. The van der Waals surface area contributed by atoms with Gasteiger partial charge in [-0.1, -0.05) is 24.6 Å². The van der Waals surface area contributed by atoms with Crippen molar-refractivity contribution in [1.82, 2.24) is 10.2 Å². The molecule has 1 saturated carbocycles. The van der Waals surface area contributed by atoms with Crippen molar-refractivity contribution in [2.45, 2.75) is 38.8 Å². The molecule has 2 N–H and O–H groups in total. The molecule has 0 radical (unpaired) electrons. The number of nitrogens with one attached hydrogen (secondary N) is 1. The largest absolute Gasteiger partial charge is 0.393 e. The highest BCUT2D eigenvalue weighted by Crippen LogP contribution is 2.26. The number of rotatable bonds is 6. The topological polar surface area (TPSA) is 55.8 Å². The highest BCUT2D eigenvalue weighted by molar-refractivity contribution is 5.74. The molecule has 23 heavy (non-hydrogen) atoms. The Balaban J connectivity index is 1.89. The number of para-hydroxylation sites is 1. The third kappa shape index (κ3) is 4.61. The minimum absolute atomic E-state index is 0.0851. The normalized spacial score (nSPS) is 20.3. The van der Waals surface area contributed by atoms with Gasteiger partial charge in [-0.3, -0.25) is 0 Å². The van der Waals surface area contributed by atoms with E-state index in [9.17, 15) is 9.90 Å². The quantitative estimate of drug-likeness (QED) is 0.847. The number of benzene rings is 1. The van der Waals surface area contributed by atoms with Gasteiger partial charge in [-0.15, -0.1) is 0 Å². The summed E-state index contributed by atoms with van der Waals surface area (Å²) in [7, 11) is 3.85. The minimum Gasteiger partial charge on any atom is -0.393 e. The highest BCUT2D eigenvalue weighted by atomic mass is 16.3. The molecule has 1 aliphatic carbocycles. The van der Waals surface area contributed by atoms with Crippen molar-refractivity contribution in [3.63, 3.8) is 0 Å². The van der Waals surface area contributed by atoms with E-state index in [-0.39, 0.29) is 18.1 Å². The average molecular weight is 319 g/mol. The maximum Gasteiger partial charge on any atom is 0.317 e. The minimum atomic E-state index is -0.260. The van der Waals surface area contributed by atoms with E-state index >= 15 is 0 Å². The molecule has 0 spiro atoms. The molecule has 128 valence electrons. The lowest BCUT2D eigenvalue weighted by Crippen LogP contribution is -2.41. The summed E-state index contributed by atoms with van der Waals surface area (Å²) in [6.07, 6.45) is 2.65. The van der Waals surface area contributed by atoms with E-state index in [1.165, 1.54) is 0 Å². The van der Waals surface area contributed by atoms with Gasteiger partial charge in [0.15, 0.2) is 0 Å². The third-order valence-electron chi connectivity index (χ3n) is 4.78. The van der Waals surface area contributed by atoms with Gasteiger partial charge in [0.25, 0.3) is 0 Å². The fraction of sp³-hybridized carbons (Fsp3) is 0.611. The van der Waals surface area contributed by atoms with E-state index in [1.54, 1.807) is 11.9 Å². The maximum atomic E-state index is 12.3. The Bertz CT molecular complexity index is 521. The van der Waals surface area contributed by atoms with E-state index in [0.717, 1.165) is 37.1 Å². The average Bonchev–Trinajstić information content (AvgIpc) is 2.97. The highest BCUT2D eigenvalue weighted by Gasteiger charge is 2.27. The molecule has 0 bridgehead atoms. The van der Waals surface area contributed by atoms with Gasteiger partial charge < -0.3 is 20.2 Å². The van der Waals surface area contributed by atoms with E-state index in [4.69, 9.17) is 0 Å². The van der Waals surface area contributed by atoms with Crippen LogP contribution < -0.4 is 10.2 Å². The number of nitrogens with zero attached hydrogens (tertiary/aromatic N) is 2. The monoisotopic (exact) mass is 319 g/mol. The molecule has 1 aromatic carbocycles. The van der Waals surface area contributed by atoms with Gasteiger partial charge in [0.1, 0.15) is 0 Å². The van der Waals surface area contributed by atoms with Crippen LogP contribution in [0.5, 0.6) is 0 Å². The van der Waals surface area contributed by atoms with Gasteiger partial charge in [0, 0.05) is 45.3 Å². The summed E-state index contributed by atoms with van der Waals surface area (Å²) >= 11 is 0. The number of carbonyl (C=O) groups excluding carboxylic acids is 1. The number of carbonyl (C=O) groups is 1. The van der Waals surface area contributed by atoms with Crippen molar-refractivity contribution in [1.29, 1.82) is 0 Å². The lowest BCUT2D eigenvalue weighted by atomic mass is 10.1. The summed E-state index contributed by atoms with van der Waals surface area (Å²) in [6, 6.07) is 8.04. The van der Waals surface area contributed by atoms with Crippen LogP contribution in [0.2, 0.25) is 0 Å². The van der Waals surface area contributed by atoms with Crippen LogP contribution >= 0.6 is 0 Å². The number of aliphatic hydroxyl groups excluding tert-OH is 1. The van der Waals surface area contributed by atoms with Crippen molar-refractivity contribution in [2.75, 3.05) is 32.1 Å². The summed E-state index contributed by atoms with van der Waals surface area (Å²) in [4.78, 5) is 16.1. The smallest absolute Gasteiger partial charge is 0.317 e. The number of hydrogen-bond acceptors (Lipinski definition) is 3. The van der Waals surface area contributed by atoms with Crippen molar-refractivity contribution >= 4 is 11.7 Å². The van der Waals surface area contributed by atoms with E-state index in [2.05, 4.69) is 23.2 Å². The van der Waals surface area contributed by atoms with Crippen LogP contribution in [0.1, 0.15) is 31.7 Å². The summed E-state index contributed by atoms with van der Waals surface area (Å²) in [5.41, 5.74) is 2.25. The third-order valence-corrected chi connectivity index (χ3v) is 4.78. The molecule has 2 unspecified atom stereocenters. The van der Waals surface area contributed by atoms with Crippen LogP contribution in [-0.4, -0.2) is 49.3 Å². The van der Waals surface area contributed by atoms with Crippen molar-refractivity contribution in [3.8, 4) is 0 Å². The van der Waals surface area contributed by atoms with Crippen LogP contribution in [0.4, 0.5) is 10.5 Å². The molecule has 1 aromatic rings. The Morgan fingerprint density at radius 2 is 2.04 bits per heavy atom. The molecule has 0 saturated heterocycles. The zero-order chi connectivity index (χ0) is 16.8. The molecule has 0 aliphatic heterocycles. The molecule has 2 atom stereocenters. The number of aliphatic hydroxyl groups is 1. The van der Waals surface area contributed by atoms with Gasteiger partial charge in [-0.25, -0.2) is 4.79 Å². The summed E-state index contributed by atoms with van der Waals surface area (Å²) in [5.74, 6) is 0.212. The molecule has 1 fully saturated rings. The zero-order valence-electron chi connectivity index (χ0n) is 14.5. The van der Waals surface area contributed by atoms with Crippen molar-refractivity contribution in [3.05, 3.63) is 29.8 Å². The van der Waals surface area contributed by atoms with Gasteiger partial charge in [-0.05, 0) is 31.4 Å². The second-order valence-electron chi connectivity index (χ2n) is 6.44. The lowest BCUT2D eigenvalue weighted by molar-refractivity contribution is 0.114. The Labute approximate surface area is 139 Å². The number of hydrogen-bond donors (Lipinski definition) is 2. The molecule has 2 amide bonds. The van der Waals surface area contributed by atoms with Crippen molar-refractivity contribution < 1.29 is 9.90 Å². The fourth-order valence-corrected chi connectivity index (χ4v) is 3.17. The van der Waals surface area contributed by atoms with Crippen molar-refractivity contribution in [2.24, 2.45) is 5.92 Å².